The predicted molar refractivity (Wildman–Crippen MR) is 58.2 cm³/mol. The molecule has 0 saturated heterocycles. The van der Waals surface area contributed by atoms with E-state index in [1.165, 1.54) is 18.5 Å². The molecule has 0 aliphatic rings. The smallest absolute Gasteiger partial charge is 0.332 e. The minimum atomic E-state index is -0.764. The molecule has 0 radical (unpaired) electrons. The number of aromatic hydroxyl groups is 1. The number of phenols is 1. The Bertz CT molecular complexity index is 559. The summed E-state index contributed by atoms with van der Waals surface area (Å²) in [7, 11) is 0. The average Bonchev–Trinajstić information content (AvgIpc) is 2.64. The summed E-state index contributed by atoms with van der Waals surface area (Å²) in [6.07, 6.45) is 2.82. The van der Waals surface area contributed by atoms with E-state index in [0.717, 1.165) is 5.39 Å². The monoisotopic (exact) mass is 219 g/mol. The second-order valence-electron chi connectivity index (χ2n) is 3.10. The van der Waals surface area contributed by atoms with Gasteiger partial charge in [0.2, 0.25) is 0 Å². The molecule has 0 saturated carbocycles. The lowest BCUT2D eigenvalue weighted by Gasteiger charge is -1.98. The van der Waals surface area contributed by atoms with Crippen molar-refractivity contribution in [3.63, 3.8) is 0 Å². The van der Waals surface area contributed by atoms with E-state index in [1.54, 1.807) is 12.1 Å². The summed E-state index contributed by atoms with van der Waals surface area (Å²) in [4.78, 5) is 10.4. The number of hydrogen-bond donors (Lipinski definition) is 3. The molecule has 1 aromatic carbocycles. The van der Waals surface area contributed by atoms with E-state index in [2.05, 4.69) is 5.10 Å². The van der Waals surface area contributed by atoms with Crippen LogP contribution in [0.3, 0.4) is 0 Å². The maximum absolute atomic E-state index is 10.4. The Labute approximate surface area is 90.3 Å². The highest BCUT2D eigenvalue weighted by Gasteiger charge is 2.03. The van der Waals surface area contributed by atoms with Crippen LogP contribution >= 0.6 is 0 Å². The number of carbonyl (C=O) groups is 1. The van der Waals surface area contributed by atoms with E-state index in [-0.39, 0.29) is 5.75 Å². The van der Waals surface area contributed by atoms with E-state index in [0.29, 0.717) is 11.1 Å². The van der Waals surface area contributed by atoms with Crippen LogP contribution in [0.15, 0.2) is 34.0 Å². The quantitative estimate of drug-likeness (QED) is 0.521. The van der Waals surface area contributed by atoms with Crippen molar-refractivity contribution < 1.29 is 14.3 Å². The second-order valence-corrected chi connectivity index (χ2v) is 3.10. The first-order chi connectivity index (χ1) is 7.66. The average molecular weight is 219 g/mol. The molecule has 0 fully saturated rings. The van der Waals surface area contributed by atoms with Crippen molar-refractivity contribution in [1.29, 1.82) is 0 Å². The summed E-state index contributed by atoms with van der Waals surface area (Å²) < 4.78 is 5.10. The Kier molecular flexibility index (Phi) is 2.47. The van der Waals surface area contributed by atoms with Crippen LogP contribution in [0.5, 0.6) is 5.75 Å². The Morgan fingerprint density at radius 1 is 1.56 bits per heavy atom. The maximum Gasteiger partial charge on any atom is 0.332 e. The minimum Gasteiger partial charge on any atom is -0.507 e. The summed E-state index contributed by atoms with van der Waals surface area (Å²) in [6.45, 7) is 0. The highest BCUT2D eigenvalue weighted by atomic mass is 16.3. The van der Waals surface area contributed by atoms with Crippen molar-refractivity contribution in [3.8, 4) is 5.75 Å². The third-order valence-electron chi connectivity index (χ3n) is 1.98. The van der Waals surface area contributed by atoms with Gasteiger partial charge >= 0.3 is 6.03 Å². The molecule has 0 aliphatic heterocycles. The van der Waals surface area contributed by atoms with Gasteiger partial charge in [-0.2, -0.15) is 5.10 Å². The first kappa shape index (κ1) is 10.0. The van der Waals surface area contributed by atoms with Crippen LogP contribution in [-0.2, 0) is 0 Å². The molecular formula is C10H9N3O3. The molecule has 6 heteroatoms. The Hall–Kier alpha value is -2.50. The third kappa shape index (κ3) is 1.95. The SMILES string of the molecule is NC(=O)NN=Cc1cc2ccoc2cc1O. The Morgan fingerprint density at radius 2 is 2.38 bits per heavy atom. The van der Waals surface area contributed by atoms with E-state index in [1.807, 2.05) is 5.43 Å². The molecule has 2 rings (SSSR count). The lowest BCUT2D eigenvalue weighted by molar-refractivity contribution is 0.249. The normalized spacial score (nSPS) is 11.0. The number of nitrogens with zero attached hydrogens (tertiary/aromatic N) is 1. The molecule has 1 heterocycles. The molecule has 0 bridgehead atoms. The number of hydrogen-bond acceptors (Lipinski definition) is 4. The number of furan rings is 1. The van der Waals surface area contributed by atoms with Gasteiger partial charge in [-0.3, -0.25) is 0 Å². The first-order valence-electron chi connectivity index (χ1n) is 4.45. The van der Waals surface area contributed by atoms with Gasteiger partial charge in [0.15, 0.2) is 0 Å². The van der Waals surface area contributed by atoms with Crippen LogP contribution in [0.4, 0.5) is 4.79 Å². The maximum atomic E-state index is 10.4. The van der Waals surface area contributed by atoms with Crippen molar-refractivity contribution in [3.05, 3.63) is 30.0 Å². The molecule has 4 N–H and O–H groups in total. The van der Waals surface area contributed by atoms with Crippen LogP contribution in [0.1, 0.15) is 5.56 Å². The van der Waals surface area contributed by atoms with Crippen molar-refractivity contribution in [2.75, 3.05) is 0 Å². The molecule has 1 aromatic heterocycles. The van der Waals surface area contributed by atoms with E-state index in [4.69, 9.17) is 10.2 Å². The lowest BCUT2D eigenvalue weighted by Crippen LogP contribution is -2.24. The highest BCUT2D eigenvalue weighted by molar-refractivity contribution is 5.91. The first-order valence-corrected chi connectivity index (χ1v) is 4.45. The summed E-state index contributed by atoms with van der Waals surface area (Å²) in [5.41, 5.74) is 7.91. The lowest BCUT2D eigenvalue weighted by atomic mass is 10.1. The van der Waals surface area contributed by atoms with Crippen molar-refractivity contribution in [2.24, 2.45) is 10.8 Å². The number of fused-ring (bicyclic) bond motifs is 1. The molecular weight excluding hydrogens is 210 g/mol. The van der Waals surface area contributed by atoms with Crippen molar-refractivity contribution >= 4 is 23.2 Å². The molecule has 2 amide bonds. The van der Waals surface area contributed by atoms with Gasteiger partial charge in [0, 0.05) is 17.0 Å². The number of carbonyl (C=O) groups excluding carboxylic acids is 1. The predicted octanol–water partition coefficient (Wildman–Crippen LogP) is 1.14. The van der Waals surface area contributed by atoms with Crippen LogP contribution in [0.2, 0.25) is 0 Å². The van der Waals surface area contributed by atoms with Gasteiger partial charge in [-0.1, -0.05) is 0 Å². The van der Waals surface area contributed by atoms with Crippen molar-refractivity contribution in [2.45, 2.75) is 0 Å². The number of amides is 2. The molecule has 0 unspecified atom stereocenters. The minimum absolute atomic E-state index is 0.0115. The molecule has 0 atom stereocenters. The van der Waals surface area contributed by atoms with E-state index >= 15 is 0 Å². The van der Waals surface area contributed by atoms with Crippen LogP contribution < -0.4 is 11.2 Å². The zero-order valence-corrected chi connectivity index (χ0v) is 8.18. The second kappa shape index (κ2) is 3.93. The van der Waals surface area contributed by atoms with Crippen LogP contribution in [0, 0.1) is 0 Å². The summed E-state index contributed by atoms with van der Waals surface area (Å²) >= 11 is 0. The van der Waals surface area contributed by atoms with Gasteiger partial charge in [-0.15, -0.1) is 0 Å². The molecule has 6 nitrogen and oxygen atoms in total. The molecule has 16 heavy (non-hydrogen) atoms. The fourth-order valence-corrected chi connectivity index (χ4v) is 1.29. The number of rotatable bonds is 2. The number of nitrogens with two attached hydrogens (primary N) is 1. The van der Waals surface area contributed by atoms with E-state index in [9.17, 15) is 9.90 Å². The van der Waals surface area contributed by atoms with Crippen LogP contribution in [0.25, 0.3) is 11.0 Å². The molecule has 2 aromatic rings. The number of primary amides is 1. The Balaban J connectivity index is 2.32. The van der Waals surface area contributed by atoms with Gasteiger partial charge in [0.05, 0.1) is 12.5 Å². The van der Waals surface area contributed by atoms with Gasteiger partial charge < -0.3 is 15.3 Å². The largest absolute Gasteiger partial charge is 0.507 e. The number of benzene rings is 1. The van der Waals surface area contributed by atoms with E-state index < -0.39 is 6.03 Å². The van der Waals surface area contributed by atoms with Crippen LogP contribution in [-0.4, -0.2) is 17.4 Å². The molecule has 0 spiro atoms. The standard InChI is InChI=1S/C10H9N3O3/c11-10(15)13-12-5-7-3-6-1-2-16-9(6)4-8(7)14/h1-5,14H,(H3,11,13,15). The zero-order chi connectivity index (χ0) is 11.5. The van der Waals surface area contributed by atoms with Gasteiger partial charge in [0.1, 0.15) is 11.3 Å². The number of hydrazone groups is 1. The third-order valence-corrected chi connectivity index (χ3v) is 1.98. The van der Waals surface area contributed by atoms with Gasteiger partial charge in [0.25, 0.3) is 0 Å². The summed E-state index contributed by atoms with van der Waals surface area (Å²) in [5.74, 6) is 0.0115. The summed E-state index contributed by atoms with van der Waals surface area (Å²) in [6, 6.07) is 4.15. The van der Waals surface area contributed by atoms with Crippen molar-refractivity contribution in [1.82, 2.24) is 5.43 Å². The Morgan fingerprint density at radius 3 is 3.12 bits per heavy atom. The summed E-state index contributed by atoms with van der Waals surface area (Å²) in [5, 5.41) is 14.0. The highest BCUT2D eigenvalue weighted by Crippen LogP contribution is 2.24. The van der Waals surface area contributed by atoms with Gasteiger partial charge in [-0.25, -0.2) is 10.2 Å². The fraction of sp³-hybridized carbons (Fsp3) is 0. The van der Waals surface area contributed by atoms with Gasteiger partial charge in [-0.05, 0) is 12.1 Å². The number of nitrogens with one attached hydrogen (secondary N) is 1. The number of phenolic OH excluding ortho intramolecular Hbond substituents is 1. The zero-order valence-electron chi connectivity index (χ0n) is 8.18. The molecule has 0 aliphatic carbocycles. The fourth-order valence-electron chi connectivity index (χ4n) is 1.29. The topological polar surface area (TPSA) is 101 Å². The number of urea groups is 1. The molecule has 82 valence electrons.